The van der Waals surface area contributed by atoms with Crippen LogP contribution in [0.1, 0.15) is 30.7 Å². The third kappa shape index (κ3) is 2.46. The Labute approximate surface area is 90.0 Å². The number of hydrogen-bond acceptors (Lipinski definition) is 1. The summed E-state index contributed by atoms with van der Waals surface area (Å²) in [5.74, 6) is 0.614. The lowest BCUT2D eigenvalue weighted by Gasteiger charge is -2.21. The van der Waals surface area contributed by atoms with Crippen molar-refractivity contribution in [1.82, 2.24) is 5.32 Å². The summed E-state index contributed by atoms with van der Waals surface area (Å²) in [7, 11) is 0. The molecule has 0 bridgehead atoms. The molecule has 1 amide bonds. The molecule has 0 fully saturated rings. The van der Waals surface area contributed by atoms with Gasteiger partial charge in [-0.3, -0.25) is 4.79 Å². The molecular formula is C13H15NO. The van der Waals surface area contributed by atoms with E-state index in [1.165, 1.54) is 5.56 Å². The summed E-state index contributed by atoms with van der Waals surface area (Å²) < 4.78 is 0. The monoisotopic (exact) mass is 201 g/mol. The summed E-state index contributed by atoms with van der Waals surface area (Å²) in [5.41, 5.74) is 2.47. The molecule has 1 aromatic rings. The van der Waals surface area contributed by atoms with Gasteiger partial charge < -0.3 is 5.32 Å². The van der Waals surface area contributed by atoms with Gasteiger partial charge >= 0.3 is 0 Å². The molecule has 0 aliphatic heterocycles. The van der Waals surface area contributed by atoms with Gasteiger partial charge in [0.15, 0.2) is 0 Å². The molecular weight excluding hydrogens is 186 g/mol. The Morgan fingerprint density at radius 3 is 2.67 bits per heavy atom. The Morgan fingerprint density at radius 1 is 1.27 bits per heavy atom. The Kier molecular flexibility index (Phi) is 3.18. The van der Waals surface area contributed by atoms with Crippen LogP contribution in [0.2, 0.25) is 0 Å². The molecule has 2 rings (SSSR count). The van der Waals surface area contributed by atoms with Crippen molar-refractivity contribution >= 4 is 6.41 Å². The average Bonchev–Trinajstić information content (AvgIpc) is 2.32. The van der Waals surface area contributed by atoms with Crippen molar-refractivity contribution in [2.75, 3.05) is 0 Å². The van der Waals surface area contributed by atoms with Crippen molar-refractivity contribution in [2.24, 2.45) is 0 Å². The van der Waals surface area contributed by atoms with Gasteiger partial charge in [-0.05, 0) is 30.7 Å². The normalized spacial score (nSPS) is 20.5. The second-order valence-electron chi connectivity index (χ2n) is 3.87. The highest BCUT2D eigenvalue weighted by atomic mass is 16.1. The summed E-state index contributed by atoms with van der Waals surface area (Å²) in [6.45, 7) is 0. The van der Waals surface area contributed by atoms with Crippen LogP contribution in [-0.4, -0.2) is 6.41 Å². The summed E-state index contributed by atoms with van der Waals surface area (Å²) in [6.07, 6.45) is 6.01. The molecule has 1 aliphatic carbocycles. The van der Waals surface area contributed by atoms with Crippen LogP contribution in [0.3, 0.4) is 0 Å². The zero-order valence-electron chi connectivity index (χ0n) is 8.65. The molecule has 78 valence electrons. The van der Waals surface area contributed by atoms with Crippen molar-refractivity contribution < 1.29 is 4.79 Å². The Hall–Kier alpha value is -1.57. The van der Waals surface area contributed by atoms with E-state index in [0.717, 1.165) is 31.4 Å². The minimum Gasteiger partial charge on any atom is -0.333 e. The quantitative estimate of drug-likeness (QED) is 0.748. The zero-order valence-corrected chi connectivity index (χ0v) is 8.65. The van der Waals surface area contributed by atoms with Gasteiger partial charge in [-0.15, -0.1) is 0 Å². The van der Waals surface area contributed by atoms with E-state index in [9.17, 15) is 4.79 Å². The lowest BCUT2D eigenvalue weighted by molar-refractivity contribution is -0.109. The first-order chi connectivity index (χ1) is 7.40. The van der Waals surface area contributed by atoms with Crippen molar-refractivity contribution in [2.45, 2.75) is 25.2 Å². The second kappa shape index (κ2) is 4.78. The van der Waals surface area contributed by atoms with E-state index in [0.29, 0.717) is 5.92 Å². The van der Waals surface area contributed by atoms with E-state index in [-0.39, 0.29) is 0 Å². The fourth-order valence-electron chi connectivity index (χ4n) is 2.07. The maximum atomic E-state index is 10.3. The predicted octanol–water partition coefficient (Wildman–Crippen LogP) is 2.58. The van der Waals surface area contributed by atoms with E-state index in [4.69, 9.17) is 0 Å². The zero-order chi connectivity index (χ0) is 10.5. The van der Waals surface area contributed by atoms with Crippen molar-refractivity contribution in [3.8, 4) is 0 Å². The molecule has 0 saturated carbocycles. The van der Waals surface area contributed by atoms with Crippen molar-refractivity contribution in [1.29, 1.82) is 0 Å². The first-order valence-electron chi connectivity index (χ1n) is 5.34. The number of allylic oxidation sites excluding steroid dienone is 2. The van der Waals surface area contributed by atoms with E-state index in [1.807, 2.05) is 6.07 Å². The highest BCUT2D eigenvalue weighted by Crippen LogP contribution is 2.30. The Morgan fingerprint density at radius 2 is 2.07 bits per heavy atom. The Bertz CT molecular complexity index is 356. The standard InChI is InChI=1S/C13H15NO/c15-10-14-13-8-6-12(7-9-13)11-4-2-1-3-5-11/h1-5,8,10,12H,6-7,9H2,(H,14,15)/t12-/m1/s1. The van der Waals surface area contributed by atoms with Gasteiger partial charge in [0, 0.05) is 5.70 Å². The SMILES string of the molecule is O=CNC1=CC[C@@H](c2ccccc2)CC1. The van der Waals surface area contributed by atoms with Gasteiger partial charge in [0.05, 0.1) is 0 Å². The molecule has 0 radical (unpaired) electrons. The lowest BCUT2D eigenvalue weighted by Crippen LogP contribution is -2.15. The number of amides is 1. The number of hydrogen-bond donors (Lipinski definition) is 1. The van der Waals surface area contributed by atoms with Crippen LogP contribution < -0.4 is 5.32 Å². The first-order valence-corrected chi connectivity index (χ1v) is 5.34. The maximum absolute atomic E-state index is 10.3. The molecule has 0 heterocycles. The molecule has 0 unspecified atom stereocenters. The van der Waals surface area contributed by atoms with Gasteiger partial charge in [0.2, 0.25) is 6.41 Å². The fraction of sp³-hybridized carbons (Fsp3) is 0.308. The smallest absolute Gasteiger partial charge is 0.211 e. The molecule has 15 heavy (non-hydrogen) atoms. The average molecular weight is 201 g/mol. The van der Waals surface area contributed by atoms with Crippen LogP contribution in [0.15, 0.2) is 42.1 Å². The van der Waals surface area contributed by atoms with Gasteiger partial charge in [0.25, 0.3) is 0 Å². The number of rotatable bonds is 3. The number of carbonyl (C=O) groups is 1. The van der Waals surface area contributed by atoms with E-state index >= 15 is 0 Å². The molecule has 2 heteroatoms. The summed E-state index contributed by atoms with van der Waals surface area (Å²) in [5, 5.41) is 2.74. The predicted molar refractivity (Wildman–Crippen MR) is 60.3 cm³/mol. The third-order valence-corrected chi connectivity index (χ3v) is 2.93. The largest absolute Gasteiger partial charge is 0.333 e. The van der Waals surface area contributed by atoms with Crippen LogP contribution in [0.4, 0.5) is 0 Å². The minimum atomic E-state index is 0.614. The highest BCUT2D eigenvalue weighted by Gasteiger charge is 2.15. The molecule has 1 atom stereocenters. The number of benzene rings is 1. The van der Waals surface area contributed by atoms with Crippen LogP contribution in [0.25, 0.3) is 0 Å². The molecule has 0 saturated heterocycles. The van der Waals surface area contributed by atoms with Crippen LogP contribution >= 0.6 is 0 Å². The van der Waals surface area contributed by atoms with Gasteiger partial charge in [0.1, 0.15) is 0 Å². The Balaban J connectivity index is 2.02. The van der Waals surface area contributed by atoms with Crippen LogP contribution in [0, 0.1) is 0 Å². The van der Waals surface area contributed by atoms with Crippen molar-refractivity contribution in [3.05, 3.63) is 47.7 Å². The molecule has 1 aromatic carbocycles. The number of carbonyl (C=O) groups excluding carboxylic acids is 1. The minimum absolute atomic E-state index is 0.614. The first kappa shape index (κ1) is 9.97. The molecule has 0 spiro atoms. The summed E-state index contributed by atoms with van der Waals surface area (Å²) in [4.78, 5) is 10.3. The van der Waals surface area contributed by atoms with Gasteiger partial charge in [-0.1, -0.05) is 36.4 Å². The second-order valence-corrected chi connectivity index (χ2v) is 3.87. The third-order valence-electron chi connectivity index (χ3n) is 2.93. The topological polar surface area (TPSA) is 29.1 Å². The molecule has 0 aromatic heterocycles. The van der Waals surface area contributed by atoms with Crippen LogP contribution in [0.5, 0.6) is 0 Å². The maximum Gasteiger partial charge on any atom is 0.211 e. The van der Waals surface area contributed by atoms with E-state index in [1.54, 1.807) is 0 Å². The molecule has 1 aliphatic rings. The number of nitrogens with one attached hydrogen (secondary N) is 1. The van der Waals surface area contributed by atoms with Gasteiger partial charge in [-0.2, -0.15) is 0 Å². The van der Waals surface area contributed by atoms with Gasteiger partial charge in [-0.25, -0.2) is 0 Å². The van der Waals surface area contributed by atoms with E-state index in [2.05, 4.69) is 35.7 Å². The van der Waals surface area contributed by atoms with E-state index < -0.39 is 0 Å². The summed E-state index contributed by atoms with van der Waals surface area (Å²) in [6, 6.07) is 10.6. The van der Waals surface area contributed by atoms with Crippen molar-refractivity contribution in [3.63, 3.8) is 0 Å². The lowest BCUT2D eigenvalue weighted by atomic mass is 9.86. The fourth-order valence-corrected chi connectivity index (χ4v) is 2.07. The highest BCUT2D eigenvalue weighted by molar-refractivity contribution is 5.50. The molecule has 1 N–H and O–H groups in total. The van der Waals surface area contributed by atoms with Crippen LogP contribution in [-0.2, 0) is 4.79 Å². The molecule has 2 nitrogen and oxygen atoms in total. The summed E-state index contributed by atoms with van der Waals surface area (Å²) >= 11 is 0.